The van der Waals surface area contributed by atoms with Gasteiger partial charge in [0.25, 0.3) is 5.91 Å². The summed E-state index contributed by atoms with van der Waals surface area (Å²) in [5.41, 5.74) is 5.18. The summed E-state index contributed by atoms with van der Waals surface area (Å²) in [4.78, 5) is 12.9. The van der Waals surface area contributed by atoms with Gasteiger partial charge < -0.3 is 10.1 Å². The van der Waals surface area contributed by atoms with E-state index in [9.17, 15) is 4.79 Å². The van der Waals surface area contributed by atoms with Gasteiger partial charge in [-0.15, -0.1) is 0 Å². The Bertz CT molecular complexity index is 1420. The molecule has 1 aliphatic heterocycles. The van der Waals surface area contributed by atoms with Crippen molar-refractivity contribution >= 4 is 51.1 Å². The van der Waals surface area contributed by atoms with Crippen molar-refractivity contribution in [3.8, 4) is 16.9 Å². The van der Waals surface area contributed by atoms with Crippen LogP contribution in [-0.2, 0) is 10.2 Å². The van der Waals surface area contributed by atoms with Crippen LogP contribution in [0.3, 0.4) is 0 Å². The number of carbonyl (C=O) groups is 1. The third-order valence-electron chi connectivity index (χ3n) is 9.00. The lowest BCUT2D eigenvalue weighted by Gasteiger charge is -2.57. The third kappa shape index (κ3) is 3.62. The molecule has 8 rings (SSSR count). The van der Waals surface area contributed by atoms with E-state index >= 15 is 0 Å². The van der Waals surface area contributed by atoms with Crippen molar-refractivity contribution in [1.82, 2.24) is 5.32 Å². The van der Waals surface area contributed by atoms with Gasteiger partial charge >= 0.3 is 0 Å². The Morgan fingerprint density at radius 3 is 2.33 bits per heavy atom. The van der Waals surface area contributed by atoms with Gasteiger partial charge in [0.1, 0.15) is 10.1 Å². The SMILES string of the molecule is COc1ccc(-c2cccc3c(/C=C4\SC(=S)NC4=O)cccc23)cc1C12CC3CC(CC(C3)C1)C2. The molecular formula is C31H29NO2S2. The predicted octanol–water partition coefficient (Wildman–Crippen LogP) is 7.47. The number of hydrogen-bond donors (Lipinski definition) is 1. The van der Waals surface area contributed by atoms with Gasteiger partial charge in [-0.1, -0.05) is 66.4 Å². The van der Waals surface area contributed by atoms with Crippen molar-refractivity contribution in [2.45, 2.75) is 43.9 Å². The molecule has 0 atom stereocenters. The Labute approximate surface area is 221 Å². The maximum absolute atomic E-state index is 12.3. The molecular weight excluding hydrogens is 482 g/mol. The Morgan fingerprint density at radius 2 is 1.67 bits per heavy atom. The number of ether oxygens (including phenoxy) is 1. The van der Waals surface area contributed by atoms with Crippen LogP contribution in [0.1, 0.15) is 49.7 Å². The minimum Gasteiger partial charge on any atom is -0.496 e. The third-order valence-corrected chi connectivity index (χ3v) is 10.2. The van der Waals surface area contributed by atoms with Gasteiger partial charge in [0, 0.05) is 5.56 Å². The average molecular weight is 512 g/mol. The van der Waals surface area contributed by atoms with Crippen LogP contribution >= 0.6 is 24.0 Å². The zero-order valence-corrected chi connectivity index (χ0v) is 22.0. The summed E-state index contributed by atoms with van der Waals surface area (Å²) >= 11 is 6.51. The van der Waals surface area contributed by atoms with Crippen molar-refractivity contribution in [3.05, 3.63) is 70.6 Å². The van der Waals surface area contributed by atoms with Crippen molar-refractivity contribution < 1.29 is 9.53 Å². The Hall–Kier alpha value is -2.63. The van der Waals surface area contributed by atoms with E-state index < -0.39 is 0 Å². The van der Waals surface area contributed by atoms with E-state index in [1.807, 2.05) is 13.2 Å². The molecule has 0 aromatic heterocycles. The number of amides is 1. The number of benzene rings is 3. The highest BCUT2D eigenvalue weighted by molar-refractivity contribution is 8.26. The second-order valence-corrected chi connectivity index (χ2v) is 12.9. The Kier molecular flexibility index (Phi) is 5.30. The number of methoxy groups -OCH3 is 1. The predicted molar refractivity (Wildman–Crippen MR) is 152 cm³/mol. The van der Waals surface area contributed by atoms with Gasteiger partial charge in [-0.2, -0.15) is 0 Å². The minimum absolute atomic E-state index is 0.117. The van der Waals surface area contributed by atoms with Crippen molar-refractivity contribution in [3.63, 3.8) is 0 Å². The van der Waals surface area contributed by atoms with Crippen molar-refractivity contribution in [2.24, 2.45) is 17.8 Å². The first kappa shape index (κ1) is 22.6. The molecule has 36 heavy (non-hydrogen) atoms. The molecule has 5 heteroatoms. The molecule has 4 aliphatic carbocycles. The molecule has 4 saturated carbocycles. The maximum Gasteiger partial charge on any atom is 0.263 e. The van der Waals surface area contributed by atoms with E-state index in [2.05, 4.69) is 59.9 Å². The van der Waals surface area contributed by atoms with E-state index in [1.165, 1.54) is 72.4 Å². The fourth-order valence-electron chi connectivity index (χ4n) is 8.00. The van der Waals surface area contributed by atoms with Crippen LogP contribution in [0, 0.1) is 17.8 Å². The average Bonchev–Trinajstić information content (AvgIpc) is 3.19. The molecule has 4 bridgehead atoms. The van der Waals surface area contributed by atoms with Crippen molar-refractivity contribution in [1.29, 1.82) is 0 Å². The minimum atomic E-state index is -0.117. The van der Waals surface area contributed by atoms with Gasteiger partial charge in [-0.25, -0.2) is 0 Å². The first-order valence-corrected chi connectivity index (χ1v) is 14.2. The summed E-state index contributed by atoms with van der Waals surface area (Å²) < 4.78 is 6.48. The van der Waals surface area contributed by atoms with E-state index in [-0.39, 0.29) is 11.3 Å². The highest BCUT2D eigenvalue weighted by Crippen LogP contribution is 2.62. The summed E-state index contributed by atoms with van der Waals surface area (Å²) in [6.45, 7) is 0. The molecule has 3 aromatic carbocycles. The lowest BCUT2D eigenvalue weighted by atomic mass is 9.48. The molecule has 1 saturated heterocycles. The highest BCUT2D eigenvalue weighted by atomic mass is 32.2. The quantitative estimate of drug-likeness (QED) is 0.291. The first-order valence-electron chi connectivity index (χ1n) is 13.0. The molecule has 182 valence electrons. The van der Waals surface area contributed by atoms with Gasteiger partial charge in [-0.3, -0.25) is 4.79 Å². The highest BCUT2D eigenvalue weighted by Gasteiger charge is 2.52. The van der Waals surface area contributed by atoms with Gasteiger partial charge in [0.15, 0.2) is 0 Å². The largest absolute Gasteiger partial charge is 0.496 e. The first-order chi connectivity index (χ1) is 17.5. The zero-order chi connectivity index (χ0) is 24.4. The summed E-state index contributed by atoms with van der Waals surface area (Å²) in [5, 5.41) is 5.05. The molecule has 0 unspecified atom stereocenters. The number of nitrogens with one attached hydrogen (secondary N) is 1. The number of hydrogen-bond acceptors (Lipinski definition) is 4. The second kappa shape index (κ2) is 8.46. The summed E-state index contributed by atoms with van der Waals surface area (Å²) in [6.07, 6.45) is 10.2. The van der Waals surface area contributed by atoms with Gasteiger partial charge in [0.05, 0.1) is 12.0 Å². The van der Waals surface area contributed by atoms with Crippen LogP contribution in [0.5, 0.6) is 5.75 Å². The van der Waals surface area contributed by atoms with Crippen LogP contribution in [-0.4, -0.2) is 17.3 Å². The molecule has 1 N–H and O–H groups in total. The lowest BCUT2D eigenvalue weighted by Crippen LogP contribution is -2.48. The molecule has 5 aliphatic rings. The van der Waals surface area contributed by atoms with Crippen LogP contribution in [0.25, 0.3) is 28.0 Å². The Balaban J connectivity index is 1.34. The monoisotopic (exact) mass is 511 g/mol. The molecule has 5 fully saturated rings. The Morgan fingerprint density at radius 1 is 0.972 bits per heavy atom. The van der Waals surface area contributed by atoms with E-state index in [1.54, 1.807) is 0 Å². The zero-order valence-electron chi connectivity index (χ0n) is 20.4. The molecule has 0 radical (unpaired) electrons. The summed E-state index contributed by atoms with van der Waals surface area (Å²) in [5.74, 6) is 3.59. The van der Waals surface area contributed by atoms with Crippen LogP contribution < -0.4 is 10.1 Å². The number of carbonyl (C=O) groups excluding carboxylic acids is 1. The van der Waals surface area contributed by atoms with Crippen molar-refractivity contribution in [2.75, 3.05) is 7.11 Å². The molecule has 3 aromatic rings. The smallest absolute Gasteiger partial charge is 0.263 e. The van der Waals surface area contributed by atoms with E-state index in [0.29, 0.717) is 9.23 Å². The fourth-order valence-corrected chi connectivity index (χ4v) is 9.04. The number of fused-ring (bicyclic) bond motifs is 1. The molecule has 1 amide bonds. The number of rotatable bonds is 4. The number of thiocarbonyl (C=S) groups is 1. The summed E-state index contributed by atoms with van der Waals surface area (Å²) in [7, 11) is 1.82. The second-order valence-electron chi connectivity index (χ2n) is 11.2. The molecule has 3 nitrogen and oxygen atoms in total. The van der Waals surface area contributed by atoms with Crippen LogP contribution in [0.15, 0.2) is 59.5 Å². The van der Waals surface area contributed by atoms with E-state index in [4.69, 9.17) is 17.0 Å². The van der Waals surface area contributed by atoms with Crippen LogP contribution in [0.2, 0.25) is 0 Å². The normalized spacial score (nSPS) is 29.8. The number of thioether (sulfide) groups is 1. The molecule has 0 spiro atoms. The standard InChI is InChI=1S/C31H29NO2S2/c1-34-27-9-8-22(13-26(27)31-15-18-10-19(16-31)12-20(11-18)17-31)24-6-3-5-23-21(4-2-7-25(23)24)14-28-29(33)32-30(35)36-28/h2-9,13-14,18-20H,10-12,15-17H2,1H3,(H,32,33,35)/b28-14-. The van der Waals surface area contributed by atoms with Gasteiger partial charge in [-0.05, 0) is 107 Å². The molecule has 1 heterocycles. The fraction of sp³-hybridized carbons (Fsp3) is 0.355. The lowest BCUT2D eigenvalue weighted by molar-refractivity contribution is -0.115. The van der Waals surface area contributed by atoms with E-state index in [0.717, 1.165) is 34.5 Å². The topological polar surface area (TPSA) is 38.3 Å². The van der Waals surface area contributed by atoms with Gasteiger partial charge in [0.2, 0.25) is 0 Å². The van der Waals surface area contributed by atoms with Crippen LogP contribution in [0.4, 0.5) is 0 Å². The maximum atomic E-state index is 12.3. The summed E-state index contributed by atoms with van der Waals surface area (Å²) in [6, 6.07) is 19.7.